The monoisotopic (exact) mass is 208 g/mol. The molecule has 1 nitrogen and oxygen atoms in total. The molecule has 1 N–H and O–H groups in total. The van der Waals surface area contributed by atoms with Crippen LogP contribution in [0.5, 0.6) is 0 Å². The van der Waals surface area contributed by atoms with Gasteiger partial charge in [-0.25, -0.2) is 0 Å². The molecule has 15 heavy (non-hydrogen) atoms. The highest BCUT2D eigenvalue weighted by molar-refractivity contribution is 5.17. The maximum Gasteiger partial charge on any atom is 0.0456 e. The second-order valence-corrected chi connectivity index (χ2v) is 5.67. The van der Waals surface area contributed by atoms with Gasteiger partial charge in [-0.2, -0.15) is 0 Å². The van der Waals surface area contributed by atoms with Crippen molar-refractivity contribution in [2.75, 3.05) is 6.61 Å². The number of fused-ring (bicyclic) bond motifs is 2. The van der Waals surface area contributed by atoms with Crippen LogP contribution in [0.4, 0.5) is 0 Å². The van der Waals surface area contributed by atoms with Gasteiger partial charge in [-0.3, -0.25) is 0 Å². The van der Waals surface area contributed by atoms with Crippen LogP contribution in [0, 0.1) is 23.7 Å². The molecular weight excluding hydrogens is 184 g/mol. The molecule has 0 aromatic rings. The minimum Gasteiger partial charge on any atom is -0.396 e. The van der Waals surface area contributed by atoms with E-state index in [1.54, 1.807) is 5.57 Å². The van der Waals surface area contributed by atoms with E-state index in [9.17, 15) is 0 Å². The normalized spacial score (nSPS) is 36.1. The summed E-state index contributed by atoms with van der Waals surface area (Å²) in [5.74, 6) is 3.15. The molecule has 2 bridgehead atoms. The number of hydrogen-bond acceptors (Lipinski definition) is 1. The predicted molar refractivity (Wildman–Crippen MR) is 63.6 cm³/mol. The highest BCUT2D eigenvalue weighted by Crippen LogP contribution is 2.52. The van der Waals surface area contributed by atoms with Gasteiger partial charge in [-0.15, -0.1) is 0 Å². The summed E-state index contributed by atoms with van der Waals surface area (Å²) in [5, 5.41) is 8.97. The van der Waals surface area contributed by atoms with Crippen molar-refractivity contribution in [3.8, 4) is 0 Å². The van der Waals surface area contributed by atoms with Crippen molar-refractivity contribution in [3.63, 3.8) is 0 Å². The fourth-order valence-electron chi connectivity index (χ4n) is 3.52. The molecule has 1 heteroatoms. The van der Waals surface area contributed by atoms with Crippen molar-refractivity contribution < 1.29 is 5.11 Å². The number of allylic oxidation sites excluding steroid dienone is 1. The topological polar surface area (TPSA) is 20.2 Å². The number of rotatable bonds is 5. The minimum absolute atomic E-state index is 0.345. The van der Waals surface area contributed by atoms with Crippen molar-refractivity contribution in [3.05, 3.63) is 12.2 Å². The summed E-state index contributed by atoms with van der Waals surface area (Å²) >= 11 is 0. The van der Waals surface area contributed by atoms with E-state index in [-0.39, 0.29) is 0 Å². The van der Waals surface area contributed by atoms with E-state index < -0.39 is 0 Å². The number of aliphatic hydroxyl groups is 1. The van der Waals surface area contributed by atoms with Crippen molar-refractivity contribution in [2.24, 2.45) is 23.7 Å². The van der Waals surface area contributed by atoms with Gasteiger partial charge in [0.25, 0.3) is 0 Å². The zero-order valence-corrected chi connectivity index (χ0v) is 9.91. The Morgan fingerprint density at radius 2 is 2.27 bits per heavy atom. The van der Waals surface area contributed by atoms with E-state index in [1.165, 1.54) is 38.5 Å². The maximum atomic E-state index is 8.97. The van der Waals surface area contributed by atoms with Gasteiger partial charge >= 0.3 is 0 Å². The lowest BCUT2D eigenvalue weighted by Crippen LogP contribution is -2.13. The molecule has 0 aromatic heterocycles. The molecule has 4 atom stereocenters. The van der Waals surface area contributed by atoms with E-state index in [1.807, 2.05) is 0 Å². The Morgan fingerprint density at radius 1 is 1.47 bits per heavy atom. The molecule has 2 aliphatic rings. The lowest BCUT2D eigenvalue weighted by atomic mass is 9.81. The van der Waals surface area contributed by atoms with Gasteiger partial charge in [0.05, 0.1) is 0 Å². The third-order valence-electron chi connectivity index (χ3n) is 4.57. The second-order valence-electron chi connectivity index (χ2n) is 5.67. The Kier molecular flexibility index (Phi) is 3.50. The predicted octanol–water partition coefficient (Wildman–Crippen LogP) is 3.39. The fourth-order valence-corrected chi connectivity index (χ4v) is 3.52. The van der Waals surface area contributed by atoms with Crippen LogP contribution in [-0.4, -0.2) is 11.7 Å². The van der Waals surface area contributed by atoms with Crippen LogP contribution in [0.2, 0.25) is 0 Å². The highest BCUT2D eigenvalue weighted by atomic mass is 16.3. The Bertz CT molecular complexity index is 233. The van der Waals surface area contributed by atoms with Crippen LogP contribution in [0.3, 0.4) is 0 Å². The molecule has 0 aromatic carbocycles. The van der Waals surface area contributed by atoms with E-state index in [4.69, 9.17) is 5.11 Å². The lowest BCUT2D eigenvalue weighted by Gasteiger charge is -2.24. The molecule has 2 saturated carbocycles. The molecule has 0 amide bonds. The molecule has 0 aliphatic heterocycles. The Hall–Kier alpha value is -0.300. The first-order valence-corrected chi connectivity index (χ1v) is 6.52. The summed E-state index contributed by atoms with van der Waals surface area (Å²) in [6.07, 6.45) is 8.06. The van der Waals surface area contributed by atoms with Crippen LogP contribution in [0.25, 0.3) is 0 Å². The minimum atomic E-state index is 0.345. The standard InChI is InChI=1S/C14H24O/c1-10(9-15)4-3-5-14-11(2)12-6-7-13(14)8-12/h10,12-15H,2-9H2,1H3. The van der Waals surface area contributed by atoms with Crippen LogP contribution in [-0.2, 0) is 0 Å². The molecule has 4 unspecified atom stereocenters. The third-order valence-corrected chi connectivity index (χ3v) is 4.57. The van der Waals surface area contributed by atoms with Gasteiger partial charge in [0, 0.05) is 6.61 Å². The third kappa shape index (κ3) is 2.28. The average Bonchev–Trinajstić information content (AvgIpc) is 2.81. The van der Waals surface area contributed by atoms with Gasteiger partial charge in [0.15, 0.2) is 0 Å². The maximum absolute atomic E-state index is 8.97. The molecule has 2 aliphatic carbocycles. The Labute approximate surface area is 93.6 Å². The van der Waals surface area contributed by atoms with Crippen LogP contribution in [0.1, 0.15) is 45.4 Å². The van der Waals surface area contributed by atoms with Gasteiger partial charge in [0.2, 0.25) is 0 Å². The van der Waals surface area contributed by atoms with E-state index in [2.05, 4.69) is 13.5 Å². The highest BCUT2D eigenvalue weighted by Gasteiger charge is 2.41. The van der Waals surface area contributed by atoms with Gasteiger partial charge in [-0.1, -0.05) is 25.5 Å². The molecule has 0 heterocycles. The van der Waals surface area contributed by atoms with E-state index in [0.717, 1.165) is 17.8 Å². The van der Waals surface area contributed by atoms with Crippen molar-refractivity contribution in [1.29, 1.82) is 0 Å². The lowest BCUT2D eigenvalue weighted by molar-refractivity contribution is 0.224. The summed E-state index contributed by atoms with van der Waals surface area (Å²) < 4.78 is 0. The number of hydrogen-bond donors (Lipinski definition) is 1. The summed E-state index contributed by atoms with van der Waals surface area (Å²) in [4.78, 5) is 0. The molecule has 0 spiro atoms. The molecular formula is C14H24O. The molecule has 86 valence electrons. The zero-order chi connectivity index (χ0) is 10.8. The average molecular weight is 208 g/mol. The van der Waals surface area contributed by atoms with Crippen LogP contribution in [0.15, 0.2) is 12.2 Å². The first kappa shape index (κ1) is 11.2. The Morgan fingerprint density at radius 3 is 2.87 bits per heavy atom. The first-order chi connectivity index (χ1) is 7.22. The van der Waals surface area contributed by atoms with Gasteiger partial charge < -0.3 is 5.11 Å². The van der Waals surface area contributed by atoms with Gasteiger partial charge in [0.1, 0.15) is 0 Å². The molecule has 2 fully saturated rings. The van der Waals surface area contributed by atoms with E-state index >= 15 is 0 Å². The van der Waals surface area contributed by atoms with Crippen molar-refractivity contribution >= 4 is 0 Å². The van der Waals surface area contributed by atoms with E-state index in [0.29, 0.717) is 12.5 Å². The smallest absolute Gasteiger partial charge is 0.0456 e. The molecule has 0 radical (unpaired) electrons. The SMILES string of the molecule is C=C1C2CCC(C2)C1CCCC(C)CO. The van der Waals surface area contributed by atoms with Gasteiger partial charge in [-0.05, 0) is 55.8 Å². The molecule has 2 rings (SSSR count). The van der Waals surface area contributed by atoms with Crippen molar-refractivity contribution in [2.45, 2.75) is 45.4 Å². The summed E-state index contributed by atoms with van der Waals surface area (Å²) in [6, 6.07) is 0. The van der Waals surface area contributed by atoms with Crippen molar-refractivity contribution in [1.82, 2.24) is 0 Å². The Balaban J connectivity index is 1.74. The fraction of sp³-hybridized carbons (Fsp3) is 0.857. The molecule has 0 saturated heterocycles. The quantitative estimate of drug-likeness (QED) is 0.687. The van der Waals surface area contributed by atoms with Crippen LogP contribution < -0.4 is 0 Å². The number of aliphatic hydroxyl groups excluding tert-OH is 1. The summed E-state index contributed by atoms with van der Waals surface area (Å²) in [7, 11) is 0. The summed E-state index contributed by atoms with van der Waals surface area (Å²) in [5.41, 5.74) is 1.56. The largest absolute Gasteiger partial charge is 0.396 e. The zero-order valence-electron chi connectivity index (χ0n) is 9.91. The summed E-state index contributed by atoms with van der Waals surface area (Å²) in [6.45, 7) is 6.77. The second kappa shape index (κ2) is 4.69. The van der Waals surface area contributed by atoms with Crippen LogP contribution >= 0.6 is 0 Å². The first-order valence-electron chi connectivity index (χ1n) is 6.52.